The molecule has 1 aliphatic rings. The molecule has 0 radical (unpaired) electrons. The van der Waals surface area contributed by atoms with Gasteiger partial charge in [-0.15, -0.1) is 0 Å². The summed E-state index contributed by atoms with van der Waals surface area (Å²) >= 11 is 0. The lowest BCUT2D eigenvalue weighted by atomic mass is 10.1. The van der Waals surface area contributed by atoms with Gasteiger partial charge < -0.3 is 5.32 Å². The summed E-state index contributed by atoms with van der Waals surface area (Å²) in [5.41, 5.74) is 1.37. The van der Waals surface area contributed by atoms with Crippen LogP contribution in [0.4, 0.5) is 0 Å². The Labute approximate surface area is 98.5 Å². The Hall–Kier alpha value is -0.890. The highest BCUT2D eigenvalue weighted by molar-refractivity contribution is 5.10. The van der Waals surface area contributed by atoms with Crippen LogP contribution in [0.25, 0.3) is 0 Å². The lowest BCUT2D eigenvalue weighted by Crippen LogP contribution is -2.29. The molecular formula is C14H22N2. The van der Waals surface area contributed by atoms with E-state index in [1.165, 1.54) is 37.8 Å². The molecule has 0 bridgehead atoms. The monoisotopic (exact) mass is 218 g/mol. The largest absolute Gasteiger partial charge is 0.314 e. The van der Waals surface area contributed by atoms with Crippen molar-refractivity contribution in [2.75, 3.05) is 6.54 Å². The average Bonchev–Trinajstić information content (AvgIpc) is 3.10. The van der Waals surface area contributed by atoms with Crippen molar-refractivity contribution in [1.29, 1.82) is 0 Å². The number of hydrogen-bond donors (Lipinski definition) is 1. The van der Waals surface area contributed by atoms with E-state index >= 15 is 0 Å². The Morgan fingerprint density at radius 1 is 1.38 bits per heavy atom. The third-order valence-corrected chi connectivity index (χ3v) is 3.27. The number of aromatic nitrogens is 1. The van der Waals surface area contributed by atoms with Gasteiger partial charge in [0.1, 0.15) is 0 Å². The molecule has 0 aliphatic heterocycles. The topological polar surface area (TPSA) is 24.9 Å². The molecule has 1 aliphatic carbocycles. The van der Waals surface area contributed by atoms with Gasteiger partial charge in [-0.2, -0.15) is 0 Å². The van der Waals surface area contributed by atoms with Crippen molar-refractivity contribution in [1.82, 2.24) is 10.3 Å². The molecule has 1 saturated carbocycles. The van der Waals surface area contributed by atoms with Crippen LogP contribution in [0.3, 0.4) is 0 Å². The molecule has 2 heteroatoms. The minimum atomic E-state index is 0.571. The summed E-state index contributed by atoms with van der Waals surface area (Å²) < 4.78 is 0. The highest BCUT2D eigenvalue weighted by atomic mass is 14.9. The van der Waals surface area contributed by atoms with E-state index in [-0.39, 0.29) is 0 Å². The molecule has 2 rings (SSSR count). The molecule has 1 N–H and O–H groups in total. The lowest BCUT2D eigenvalue weighted by Gasteiger charge is -2.13. The standard InChI is InChI=1S/C14H22N2/c1-12(11-14-6-9-15-10-7-14)16-8-2-3-13-4-5-13/h6-7,9-10,12-13,16H,2-5,8,11H2,1H3. The third kappa shape index (κ3) is 4.31. The van der Waals surface area contributed by atoms with Gasteiger partial charge in [0, 0.05) is 18.4 Å². The van der Waals surface area contributed by atoms with Crippen molar-refractivity contribution < 1.29 is 0 Å². The second kappa shape index (κ2) is 6.00. The maximum absolute atomic E-state index is 4.03. The molecule has 1 aromatic rings. The third-order valence-electron chi connectivity index (χ3n) is 3.27. The molecule has 1 atom stereocenters. The maximum Gasteiger partial charge on any atom is 0.0270 e. The molecule has 16 heavy (non-hydrogen) atoms. The first-order valence-corrected chi connectivity index (χ1v) is 6.47. The Morgan fingerprint density at radius 2 is 2.12 bits per heavy atom. The van der Waals surface area contributed by atoms with Crippen molar-refractivity contribution in [2.45, 2.75) is 45.1 Å². The van der Waals surface area contributed by atoms with E-state index in [9.17, 15) is 0 Å². The Balaban J connectivity index is 1.58. The minimum absolute atomic E-state index is 0.571. The van der Waals surface area contributed by atoms with Crippen molar-refractivity contribution in [2.24, 2.45) is 5.92 Å². The summed E-state index contributed by atoms with van der Waals surface area (Å²) in [4.78, 5) is 4.03. The van der Waals surface area contributed by atoms with E-state index in [0.29, 0.717) is 6.04 Å². The fourth-order valence-corrected chi connectivity index (χ4v) is 2.09. The van der Waals surface area contributed by atoms with Crippen molar-refractivity contribution in [3.8, 4) is 0 Å². The summed E-state index contributed by atoms with van der Waals surface area (Å²) in [6, 6.07) is 4.77. The molecule has 2 nitrogen and oxygen atoms in total. The minimum Gasteiger partial charge on any atom is -0.314 e. The summed E-state index contributed by atoms with van der Waals surface area (Å²) in [5, 5.41) is 3.59. The van der Waals surface area contributed by atoms with E-state index in [4.69, 9.17) is 0 Å². The van der Waals surface area contributed by atoms with Crippen LogP contribution in [-0.4, -0.2) is 17.6 Å². The first-order chi connectivity index (χ1) is 7.84. The molecule has 88 valence electrons. The summed E-state index contributed by atoms with van der Waals surface area (Å²) in [6.07, 6.45) is 10.6. The van der Waals surface area contributed by atoms with Gasteiger partial charge in [0.15, 0.2) is 0 Å². The quantitative estimate of drug-likeness (QED) is 0.712. The Kier molecular flexibility index (Phi) is 4.34. The van der Waals surface area contributed by atoms with Crippen molar-refractivity contribution in [3.05, 3.63) is 30.1 Å². The molecule has 0 spiro atoms. The highest BCUT2D eigenvalue weighted by Gasteiger charge is 2.19. The van der Waals surface area contributed by atoms with Crippen LogP contribution in [0.1, 0.15) is 38.2 Å². The predicted molar refractivity (Wildman–Crippen MR) is 67.4 cm³/mol. The number of nitrogens with zero attached hydrogens (tertiary/aromatic N) is 1. The second-order valence-electron chi connectivity index (χ2n) is 5.00. The number of nitrogens with one attached hydrogen (secondary N) is 1. The maximum atomic E-state index is 4.03. The van der Waals surface area contributed by atoms with Crippen LogP contribution < -0.4 is 5.32 Å². The normalized spacial score (nSPS) is 17.3. The molecule has 0 aromatic carbocycles. The summed E-state index contributed by atoms with van der Waals surface area (Å²) in [6.45, 7) is 3.43. The first kappa shape index (κ1) is 11.6. The van der Waals surface area contributed by atoms with E-state index in [2.05, 4.69) is 29.4 Å². The number of rotatable bonds is 7. The summed E-state index contributed by atoms with van der Waals surface area (Å²) in [5.74, 6) is 1.07. The number of hydrogen-bond acceptors (Lipinski definition) is 2. The van der Waals surface area contributed by atoms with E-state index in [0.717, 1.165) is 12.3 Å². The van der Waals surface area contributed by atoms with Crippen LogP contribution in [0.5, 0.6) is 0 Å². The van der Waals surface area contributed by atoms with Gasteiger partial charge in [0.25, 0.3) is 0 Å². The van der Waals surface area contributed by atoms with E-state index < -0.39 is 0 Å². The van der Waals surface area contributed by atoms with Crippen LogP contribution in [0.2, 0.25) is 0 Å². The smallest absolute Gasteiger partial charge is 0.0270 e. The Morgan fingerprint density at radius 3 is 2.81 bits per heavy atom. The first-order valence-electron chi connectivity index (χ1n) is 6.47. The van der Waals surface area contributed by atoms with Crippen LogP contribution >= 0.6 is 0 Å². The van der Waals surface area contributed by atoms with Gasteiger partial charge >= 0.3 is 0 Å². The molecule has 1 aromatic heterocycles. The fraction of sp³-hybridized carbons (Fsp3) is 0.643. The van der Waals surface area contributed by atoms with Crippen molar-refractivity contribution in [3.63, 3.8) is 0 Å². The zero-order valence-corrected chi connectivity index (χ0v) is 10.2. The number of pyridine rings is 1. The fourth-order valence-electron chi connectivity index (χ4n) is 2.09. The van der Waals surface area contributed by atoms with Crippen LogP contribution in [0.15, 0.2) is 24.5 Å². The zero-order valence-electron chi connectivity index (χ0n) is 10.2. The van der Waals surface area contributed by atoms with E-state index in [1.54, 1.807) is 0 Å². The summed E-state index contributed by atoms with van der Waals surface area (Å²) in [7, 11) is 0. The predicted octanol–water partition coefficient (Wildman–Crippen LogP) is 2.79. The zero-order chi connectivity index (χ0) is 11.2. The van der Waals surface area contributed by atoms with Crippen LogP contribution in [0, 0.1) is 5.92 Å². The lowest BCUT2D eigenvalue weighted by molar-refractivity contribution is 0.515. The SMILES string of the molecule is CC(Cc1ccncc1)NCCCC1CC1. The van der Waals surface area contributed by atoms with Crippen LogP contribution in [-0.2, 0) is 6.42 Å². The van der Waals surface area contributed by atoms with Crippen molar-refractivity contribution >= 4 is 0 Å². The van der Waals surface area contributed by atoms with Gasteiger partial charge in [-0.05, 0) is 56.3 Å². The molecular weight excluding hydrogens is 196 g/mol. The van der Waals surface area contributed by atoms with Gasteiger partial charge in [-0.1, -0.05) is 12.8 Å². The molecule has 1 heterocycles. The molecule has 1 unspecified atom stereocenters. The highest BCUT2D eigenvalue weighted by Crippen LogP contribution is 2.33. The molecule has 0 saturated heterocycles. The molecule has 1 fully saturated rings. The molecule has 0 amide bonds. The van der Waals surface area contributed by atoms with E-state index in [1.807, 2.05) is 12.4 Å². The average molecular weight is 218 g/mol. The van der Waals surface area contributed by atoms with Gasteiger partial charge in [0.05, 0.1) is 0 Å². The van der Waals surface area contributed by atoms with Gasteiger partial charge in [-0.3, -0.25) is 4.98 Å². The second-order valence-corrected chi connectivity index (χ2v) is 5.00. The Bertz CT molecular complexity index is 293. The van der Waals surface area contributed by atoms with Gasteiger partial charge in [0.2, 0.25) is 0 Å². The van der Waals surface area contributed by atoms with Gasteiger partial charge in [-0.25, -0.2) is 0 Å².